The maximum absolute atomic E-state index is 5.68. The van der Waals surface area contributed by atoms with E-state index in [1.165, 1.54) is 11.3 Å². The number of thiocarbonyl (C=S) groups is 1. The Morgan fingerprint density at radius 1 is 1.21 bits per heavy atom. The quantitative estimate of drug-likeness (QED) is 0.848. The lowest BCUT2D eigenvalue weighted by atomic mass is 10.1. The molecule has 0 atom stereocenters. The largest absolute Gasteiger partial charge is 0.389 e. The van der Waals surface area contributed by atoms with Gasteiger partial charge in [-0.2, -0.15) is 0 Å². The predicted octanol–water partition coefficient (Wildman–Crippen LogP) is 3.78. The molecule has 0 bridgehead atoms. The summed E-state index contributed by atoms with van der Waals surface area (Å²) in [7, 11) is 0. The summed E-state index contributed by atoms with van der Waals surface area (Å²) in [5.41, 5.74) is 10.4. The molecule has 2 nitrogen and oxygen atoms in total. The molecule has 1 aliphatic heterocycles. The van der Waals surface area contributed by atoms with Crippen molar-refractivity contribution >= 4 is 44.5 Å². The molecule has 0 radical (unpaired) electrons. The Morgan fingerprint density at radius 2 is 2.00 bits per heavy atom. The number of nitrogens with zero attached hydrogens (tertiary/aromatic N) is 1. The normalized spacial score (nSPS) is 13.4. The van der Waals surface area contributed by atoms with Crippen LogP contribution in [0, 0.1) is 0 Å². The number of anilines is 2. The van der Waals surface area contributed by atoms with E-state index in [0.717, 1.165) is 28.7 Å². The summed E-state index contributed by atoms with van der Waals surface area (Å²) in [4.78, 5) is 2.74. The third-order valence-electron chi connectivity index (χ3n) is 3.42. The van der Waals surface area contributed by atoms with Crippen molar-refractivity contribution in [3.63, 3.8) is 0 Å². The molecule has 0 aliphatic carbocycles. The Labute approximate surface area is 126 Å². The van der Waals surface area contributed by atoms with E-state index >= 15 is 0 Å². The van der Waals surface area contributed by atoms with Crippen LogP contribution in [0.1, 0.15) is 11.1 Å². The van der Waals surface area contributed by atoms with Gasteiger partial charge in [0, 0.05) is 28.0 Å². The minimum absolute atomic E-state index is 0.417. The molecule has 96 valence electrons. The maximum atomic E-state index is 5.68. The van der Waals surface area contributed by atoms with E-state index in [1.807, 2.05) is 6.07 Å². The average molecular weight is 333 g/mol. The number of benzene rings is 2. The minimum atomic E-state index is 0.417. The molecule has 0 amide bonds. The van der Waals surface area contributed by atoms with Crippen LogP contribution in [0.5, 0.6) is 0 Å². The van der Waals surface area contributed by atoms with Crippen molar-refractivity contribution in [2.45, 2.75) is 6.42 Å². The molecule has 0 aromatic heterocycles. The first-order chi connectivity index (χ1) is 9.16. The lowest BCUT2D eigenvalue weighted by molar-refractivity contribution is 0.998. The third kappa shape index (κ3) is 2.26. The van der Waals surface area contributed by atoms with E-state index in [-0.39, 0.29) is 0 Å². The van der Waals surface area contributed by atoms with Gasteiger partial charge >= 0.3 is 0 Å². The zero-order chi connectivity index (χ0) is 13.4. The summed E-state index contributed by atoms with van der Waals surface area (Å²) in [5.74, 6) is 0. The molecule has 2 aromatic rings. The fourth-order valence-corrected chi connectivity index (χ4v) is 3.37. The Hall–Kier alpha value is -1.39. The van der Waals surface area contributed by atoms with Crippen molar-refractivity contribution < 1.29 is 0 Å². The van der Waals surface area contributed by atoms with Gasteiger partial charge in [-0.3, -0.25) is 0 Å². The zero-order valence-electron chi connectivity index (χ0n) is 10.3. The highest BCUT2D eigenvalue weighted by Crippen LogP contribution is 2.35. The summed E-state index contributed by atoms with van der Waals surface area (Å²) < 4.78 is 0.946. The van der Waals surface area contributed by atoms with Crippen LogP contribution in [-0.4, -0.2) is 11.5 Å². The molecule has 2 aromatic carbocycles. The molecule has 0 fully saturated rings. The zero-order valence-corrected chi connectivity index (χ0v) is 12.7. The van der Waals surface area contributed by atoms with Crippen molar-refractivity contribution in [2.24, 2.45) is 5.73 Å². The first-order valence-corrected chi connectivity index (χ1v) is 7.32. The van der Waals surface area contributed by atoms with E-state index in [9.17, 15) is 0 Å². The van der Waals surface area contributed by atoms with Crippen molar-refractivity contribution in [1.29, 1.82) is 0 Å². The number of para-hydroxylation sites is 1. The van der Waals surface area contributed by atoms with Crippen LogP contribution in [0.25, 0.3) is 0 Å². The summed E-state index contributed by atoms with van der Waals surface area (Å²) in [6.45, 7) is 1.01. The van der Waals surface area contributed by atoms with E-state index in [2.05, 4.69) is 57.2 Å². The lowest BCUT2D eigenvalue weighted by Crippen LogP contribution is -2.15. The first-order valence-electron chi connectivity index (χ1n) is 6.11. The van der Waals surface area contributed by atoms with Gasteiger partial charge in [0.25, 0.3) is 0 Å². The molecule has 19 heavy (non-hydrogen) atoms. The number of fused-ring (bicyclic) bond motifs is 1. The minimum Gasteiger partial charge on any atom is -0.389 e. The summed E-state index contributed by atoms with van der Waals surface area (Å²) >= 11 is 8.57. The number of hydrogen-bond acceptors (Lipinski definition) is 2. The van der Waals surface area contributed by atoms with Crippen LogP contribution < -0.4 is 10.6 Å². The number of rotatable bonds is 2. The van der Waals surface area contributed by atoms with Gasteiger partial charge in [-0.05, 0) is 52.2 Å². The van der Waals surface area contributed by atoms with Crippen LogP contribution in [0.4, 0.5) is 11.4 Å². The molecule has 0 spiro atoms. The number of hydrogen-bond donors (Lipinski definition) is 1. The number of halogens is 1. The lowest BCUT2D eigenvalue weighted by Gasteiger charge is -2.20. The molecule has 1 heterocycles. The van der Waals surface area contributed by atoms with Crippen LogP contribution in [-0.2, 0) is 6.42 Å². The van der Waals surface area contributed by atoms with E-state index < -0.39 is 0 Å². The van der Waals surface area contributed by atoms with Gasteiger partial charge in [-0.25, -0.2) is 0 Å². The van der Waals surface area contributed by atoms with Gasteiger partial charge in [0.15, 0.2) is 0 Å². The third-order valence-corrected chi connectivity index (χ3v) is 4.29. The molecule has 4 heteroatoms. The van der Waals surface area contributed by atoms with Crippen molar-refractivity contribution in [2.75, 3.05) is 11.4 Å². The van der Waals surface area contributed by atoms with Crippen LogP contribution in [0.2, 0.25) is 0 Å². The monoisotopic (exact) mass is 332 g/mol. The van der Waals surface area contributed by atoms with Crippen LogP contribution >= 0.6 is 28.1 Å². The summed E-state index contributed by atoms with van der Waals surface area (Å²) in [5, 5.41) is 0. The highest BCUT2D eigenvalue weighted by molar-refractivity contribution is 9.10. The van der Waals surface area contributed by atoms with Crippen molar-refractivity contribution in [1.82, 2.24) is 0 Å². The van der Waals surface area contributed by atoms with E-state index in [1.54, 1.807) is 0 Å². The molecule has 1 aliphatic rings. The molecule has 0 saturated carbocycles. The highest BCUT2D eigenvalue weighted by atomic mass is 79.9. The Balaban J connectivity index is 2.01. The van der Waals surface area contributed by atoms with E-state index in [4.69, 9.17) is 18.0 Å². The SMILES string of the molecule is NC(=S)c1ccc(N2CCc3ccccc32)cc1Br. The van der Waals surface area contributed by atoms with Gasteiger partial charge in [0.05, 0.1) is 0 Å². The second-order valence-electron chi connectivity index (χ2n) is 4.56. The Morgan fingerprint density at radius 3 is 2.74 bits per heavy atom. The molecule has 2 N–H and O–H groups in total. The highest BCUT2D eigenvalue weighted by Gasteiger charge is 2.20. The fraction of sp³-hybridized carbons (Fsp3) is 0.133. The topological polar surface area (TPSA) is 29.3 Å². The van der Waals surface area contributed by atoms with Gasteiger partial charge < -0.3 is 10.6 Å². The molecular weight excluding hydrogens is 320 g/mol. The predicted molar refractivity (Wildman–Crippen MR) is 87.2 cm³/mol. The number of nitrogens with two attached hydrogens (primary N) is 1. The molecule has 3 rings (SSSR count). The Bertz CT molecular complexity index is 654. The van der Waals surface area contributed by atoms with E-state index in [0.29, 0.717) is 4.99 Å². The summed E-state index contributed by atoms with van der Waals surface area (Å²) in [6, 6.07) is 14.6. The average Bonchev–Trinajstić information content (AvgIpc) is 2.82. The molecule has 0 saturated heterocycles. The molecule has 0 unspecified atom stereocenters. The second kappa shape index (κ2) is 4.94. The van der Waals surface area contributed by atoms with Gasteiger partial charge in [0.1, 0.15) is 4.99 Å². The maximum Gasteiger partial charge on any atom is 0.105 e. The van der Waals surface area contributed by atoms with Crippen LogP contribution in [0.3, 0.4) is 0 Å². The smallest absolute Gasteiger partial charge is 0.105 e. The van der Waals surface area contributed by atoms with Gasteiger partial charge in [-0.15, -0.1) is 0 Å². The van der Waals surface area contributed by atoms with Crippen LogP contribution in [0.15, 0.2) is 46.9 Å². The van der Waals surface area contributed by atoms with Gasteiger partial charge in [-0.1, -0.05) is 30.4 Å². The second-order valence-corrected chi connectivity index (χ2v) is 5.85. The molecular formula is C15H13BrN2S. The fourth-order valence-electron chi connectivity index (χ4n) is 2.48. The summed E-state index contributed by atoms with van der Waals surface area (Å²) in [6.07, 6.45) is 1.09. The standard InChI is InChI=1S/C15H13BrN2S/c16-13-9-11(5-6-12(13)15(17)19)18-8-7-10-3-1-2-4-14(10)18/h1-6,9H,7-8H2,(H2,17,19). The van der Waals surface area contributed by atoms with Gasteiger partial charge in [0.2, 0.25) is 0 Å². The first kappa shape index (κ1) is 12.6. The van der Waals surface area contributed by atoms with Crippen molar-refractivity contribution in [3.05, 3.63) is 58.1 Å². The Kier molecular flexibility index (Phi) is 3.29. The van der Waals surface area contributed by atoms with Crippen molar-refractivity contribution in [3.8, 4) is 0 Å².